The number of benzene rings is 2. The first-order valence-electron chi connectivity index (χ1n) is 7.07. The summed E-state index contributed by atoms with van der Waals surface area (Å²) in [7, 11) is 0. The largest absolute Gasteiger partial charge is 0.416 e. The van der Waals surface area contributed by atoms with Crippen LogP contribution in [0.15, 0.2) is 54.7 Å². The molecule has 3 aromatic rings. The molecule has 0 spiro atoms. The van der Waals surface area contributed by atoms with E-state index in [0.717, 1.165) is 11.6 Å². The first kappa shape index (κ1) is 14.1. The lowest BCUT2D eigenvalue weighted by Crippen LogP contribution is -2.08. The van der Waals surface area contributed by atoms with E-state index in [1.807, 2.05) is 24.3 Å². The zero-order valence-electron chi connectivity index (χ0n) is 11.8. The molecule has 0 N–H and O–H groups in total. The lowest BCUT2D eigenvalue weighted by molar-refractivity contribution is -0.138. The van der Waals surface area contributed by atoms with Gasteiger partial charge in [-0.2, -0.15) is 13.2 Å². The van der Waals surface area contributed by atoms with Crippen molar-refractivity contribution in [2.75, 3.05) is 0 Å². The fraction of sp³-hybridized carbons (Fsp3) is 0.176. The van der Waals surface area contributed by atoms with Crippen LogP contribution < -0.4 is 0 Å². The van der Waals surface area contributed by atoms with E-state index in [0.29, 0.717) is 11.2 Å². The van der Waals surface area contributed by atoms with E-state index >= 15 is 0 Å². The normalized spacial score (nSPS) is 20.7. The highest BCUT2D eigenvalue weighted by Gasteiger charge is 2.47. The topological polar surface area (TPSA) is 38.3 Å². The van der Waals surface area contributed by atoms with Crippen molar-refractivity contribution in [2.45, 2.75) is 18.4 Å². The van der Waals surface area contributed by atoms with Crippen molar-refractivity contribution in [2.24, 2.45) is 0 Å². The molecule has 2 aromatic carbocycles. The van der Waals surface area contributed by atoms with Crippen LogP contribution in [0.3, 0.4) is 0 Å². The van der Waals surface area contributed by atoms with Crippen LogP contribution in [0.5, 0.6) is 0 Å². The molecule has 6 heteroatoms. The quantitative estimate of drug-likeness (QED) is 0.655. The Balaban J connectivity index is 1.67. The minimum Gasteiger partial charge on any atom is -0.358 e. The van der Waals surface area contributed by atoms with Gasteiger partial charge in [0.15, 0.2) is 0 Å². The van der Waals surface area contributed by atoms with Crippen LogP contribution in [0, 0.1) is 0 Å². The number of nitrogens with zero attached hydrogens (tertiary/aromatic N) is 2. The molecule has 1 aliphatic heterocycles. The molecule has 0 aliphatic carbocycles. The number of hydrogen-bond acceptors (Lipinski definition) is 3. The van der Waals surface area contributed by atoms with E-state index in [2.05, 4.69) is 9.97 Å². The number of epoxide rings is 1. The van der Waals surface area contributed by atoms with Gasteiger partial charge in [-0.1, -0.05) is 30.3 Å². The molecule has 0 saturated carbocycles. The number of para-hydroxylation sites is 2. The van der Waals surface area contributed by atoms with E-state index in [1.54, 1.807) is 12.3 Å². The fourth-order valence-corrected chi connectivity index (χ4v) is 2.69. The summed E-state index contributed by atoms with van der Waals surface area (Å²) in [5.41, 5.74) is 1.46. The lowest BCUT2D eigenvalue weighted by atomic mass is 10.0. The first-order chi connectivity index (χ1) is 11.0. The lowest BCUT2D eigenvalue weighted by Gasteiger charge is -2.10. The molecular formula is C17H11F3N2O. The smallest absolute Gasteiger partial charge is 0.358 e. The van der Waals surface area contributed by atoms with Crippen LogP contribution in [-0.4, -0.2) is 9.97 Å². The van der Waals surface area contributed by atoms with Crippen molar-refractivity contribution in [3.63, 3.8) is 0 Å². The molecule has 0 amide bonds. The molecule has 2 atom stereocenters. The van der Waals surface area contributed by atoms with Gasteiger partial charge in [-0.05, 0) is 23.8 Å². The standard InChI is InChI=1S/C17H11F3N2O/c18-17(19,20)11-6-2-1-5-10(11)15-16(23-15)14-9-21-12-7-3-4-8-13(12)22-14/h1-9,15-16H/t15-,16+/m1/s1. The third-order valence-corrected chi connectivity index (χ3v) is 3.82. The number of aromatic nitrogens is 2. The second kappa shape index (κ2) is 5.03. The second-order valence-corrected chi connectivity index (χ2v) is 5.35. The van der Waals surface area contributed by atoms with Gasteiger partial charge in [-0.15, -0.1) is 0 Å². The van der Waals surface area contributed by atoms with Crippen molar-refractivity contribution in [3.05, 3.63) is 71.5 Å². The summed E-state index contributed by atoms with van der Waals surface area (Å²) in [5.74, 6) is 0. The van der Waals surface area contributed by atoms with E-state index in [4.69, 9.17) is 4.74 Å². The molecule has 1 aliphatic rings. The number of halogens is 3. The van der Waals surface area contributed by atoms with Gasteiger partial charge in [-0.3, -0.25) is 4.98 Å². The van der Waals surface area contributed by atoms with E-state index in [9.17, 15) is 13.2 Å². The van der Waals surface area contributed by atoms with E-state index in [1.165, 1.54) is 12.1 Å². The first-order valence-corrected chi connectivity index (χ1v) is 7.07. The minimum atomic E-state index is -4.40. The van der Waals surface area contributed by atoms with E-state index in [-0.39, 0.29) is 5.56 Å². The fourth-order valence-electron chi connectivity index (χ4n) is 2.69. The summed E-state index contributed by atoms with van der Waals surface area (Å²) in [6, 6.07) is 12.8. The summed E-state index contributed by atoms with van der Waals surface area (Å²) in [6.07, 6.45) is -3.97. The van der Waals surface area contributed by atoms with E-state index < -0.39 is 23.9 Å². The Morgan fingerprint density at radius 2 is 1.57 bits per heavy atom. The maximum Gasteiger partial charge on any atom is 0.416 e. The Bertz CT molecular complexity index is 879. The molecule has 2 heterocycles. The molecule has 0 unspecified atom stereocenters. The molecule has 1 fully saturated rings. The predicted molar refractivity (Wildman–Crippen MR) is 77.5 cm³/mol. The Morgan fingerprint density at radius 3 is 2.35 bits per heavy atom. The van der Waals surface area contributed by atoms with Crippen molar-refractivity contribution in [1.29, 1.82) is 0 Å². The molecule has 23 heavy (non-hydrogen) atoms. The van der Waals surface area contributed by atoms with Crippen LogP contribution in [0.25, 0.3) is 11.0 Å². The molecule has 1 saturated heterocycles. The number of rotatable bonds is 2. The zero-order valence-corrected chi connectivity index (χ0v) is 11.8. The molecule has 0 bridgehead atoms. The molecular weight excluding hydrogens is 305 g/mol. The van der Waals surface area contributed by atoms with Gasteiger partial charge in [0.25, 0.3) is 0 Å². The number of alkyl halides is 3. The molecule has 3 nitrogen and oxygen atoms in total. The summed E-state index contributed by atoms with van der Waals surface area (Å²) in [5, 5.41) is 0. The molecule has 4 rings (SSSR count). The molecule has 116 valence electrons. The van der Waals surface area contributed by atoms with Crippen molar-refractivity contribution >= 4 is 11.0 Å². The number of hydrogen-bond donors (Lipinski definition) is 0. The monoisotopic (exact) mass is 316 g/mol. The maximum absolute atomic E-state index is 13.1. The van der Waals surface area contributed by atoms with Gasteiger partial charge in [0.1, 0.15) is 12.2 Å². The van der Waals surface area contributed by atoms with Gasteiger partial charge in [0.05, 0.1) is 28.5 Å². The number of ether oxygens (including phenoxy) is 1. The van der Waals surface area contributed by atoms with Gasteiger partial charge in [-0.25, -0.2) is 4.98 Å². The Morgan fingerprint density at radius 1 is 0.870 bits per heavy atom. The number of fused-ring (bicyclic) bond motifs is 1. The predicted octanol–water partition coefficient (Wildman–Crippen LogP) is 4.46. The zero-order chi connectivity index (χ0) is 16.0. The third-order valence-electron chi connectivity index (χ3n) is 3.82. The maximum atomic E-state index is 13.1. The van der Waals surface area contributed by atoms with Crippen molar-refractivity contribution in [3.8, 4) is 0 Å². The highest BCUT2D eigenvalue weighted by atomic mass is 19.4. The Kier molecular flexibility index (Phi) is 3.09. The summed E-state index contributed by atoms with van der Waals surface area (Å²) < 4.78 is 44.7. The molecule has 0 radical (unpaired) electrons. The van der Waals surface area contributed by atoms with Crippen molar-refractivity contribution < 1.29 is 17.9 Å². The highest BCUT2D eigenvalue weighted by Crippen LogP contribution is 2.53. The van der Waals surface area contributed by atoms with Gasteiger partial charge < -0.3 is 4.74 Å². The summed E-state index contributed by atoms with van der Waals surface area (Å²) >= 11 is 0. The van der Waals surface area contributed by atoms with Crippen LogP contribution in [-0.2, 0) is 10.9 Å². The molecule has 1 aromatic heterocycles. The van der Waals surface area contributed by atoms with Crippen LogP contribution in [0.1, 0.15) is 29.0 Å². The van der Waals surface area contributed by atoms with Crippen LogP contribution in [0.2, 0.25) is 0 Å². The van der Waals surface area contributed by atoms with Crippen LogP contribution >= 0.6 is 0 Å². The third kappa shape index (κ3) is 2.55. The van der Waals surface area contributed by atoms with Gasteiger partial charge >= 0.3 is 6.18 Å². The van der Waals surface area contributed by atoms with Crippen molar-refractivity contribution in [1.82, 2.24) is 9.97 Å². The Hall–Kier alpha value is -2.47. The average Bonchev–Trinajstić information content (AvgIpc) is 3.34. The highest BCUT2D eigenvalue weighted by molar-refractivity contribution is 5.73. The van der Waals surface area contributed by atoms with Gasteiger partial charge in [0, 0.05) is 0 Å². The average molecular weight is 316 g/mol. The SMILES string of the molecule is FC(F)(F)c1ccccc1[C@H]1O[C@H]1c1cnc2ccccc2n1. The second-order valence-electron chi connectivity index (χ2n) is 5.35. The summed E-state index contributed by atoms with van der Waals surface area (Å²) in [6.45, 7) is 0. The van der Waals surface area contributed by atoms with Gasteiger partial charge in [0.2, 0.25) is 0 Å². The Labute approximate surface area is 129 Å². The van der Waals surface area contributed by atoms with Crippen LogP contribution in [0.4, 0.5) is 13.2 Å². The minimum absolute atomic E-state index is 0.139. The summed E-state index contributed by atoms with van der Waals surface area (Å²) in [4.78, 5) is 8.71.